The van der Waals surface area contributed by atoms with Gasteiger partial charge >= 0.3 is 6.09 Å². The number of carbonyl (C=O) groups is 2. The molecule has 0 aliphatic carbocycles. The van der Waals surface area contributed by atoms with E-state index in [0.717, 1.165) is 4.90 Å². The summed E-state index contributed by atoms with van der Waals surface area (Å²) in [7, 11) is 0. The summed E-state index contributed by atoms with van der Waals surface area (Å²) >= 11 is 0. The molecule has 0 spiro atoms. The Kier molecular flexibility index (Phi) is 3.11. The second kappa shape index (κ2) is 4.44. The van der Waals surface area contributed by atoms with Crippen molar-refractivity contribution in [2.75, 3.05) is 13.2 Å². The SMILES string of the molecule is CC(C)(C)OC(=O)N1C(=O)CCN2CN=CC=C21. The third-order valence-corrected chi connectivity index (χ3v) is 2.56. The van der Waals surface area contributed by atoms with Crippen molar-refractivity contribution in [3.8, 4) is 0 Å². The Hall–Kier alpha value is -1.85. The van der Waals surface area contributed by atoms with Crippen LogP contribution < -0.4 is 0 Å². The summed E-state index contributed by atoms with van der Waals surface area (Å²) in [5.41, 5.74) is -0.622. The van der Waals surface area contributed by atoms with Crippen molar-refractivity contribution in [3.05, 3.63) is 11.9 Å². The summed E-state index contributed by atoms with van der Waals surface area (Å²) in [5, 5.41) is 0. The lowest BCUT2D eigenvalue weighted by molar-refractivity contribution is -0.132. The molecule has 0 radical (unpaired) electrons. The number of nitrogens with zero attached hydrogens (tertiary/aromatic N) is 3. The minimum atomic E-state index is -0.626. The van der Waals surface area contributed by atoms with Crippen LogP contribution in [0, 0.1) is 0 Å². The molecule has 0 aromatic carbocycles. The molecule has 18 heavy (non-hydrogen) atoms. The summed E-state index contributed by atoms with van der Waals surface area (Å²) in [4.78, 5) is 31.0. The van der Waals surface area contributed by atoms with Crippen LogP contribution >= 0.6 is 0 Å². The van der Waals surface area contributed by atoms with Gasteiger partial charge in [-0.25, -0.2) is 4.79 Å². The molecule has 6 nitrogen and oxygen atoms in total. The fraction of sp³-hybridized carbons (Fsp3) is 0.583. The van der Waals surface area contributed by atoms with Crippen LogP contribution in [0.2, 0.25) is 0 Å². The van der Waals surface area contributed by atoms with Crippen LogP contribution in [0.15, 0.2) is 16.9 Å². The van der Waals surface area contributed by atoms with Crippen LogP contribution in [-0.4, -0.2) is 46.8 Å². The Balaban J connectivity index is 2.22. The lowest BCUT2D eigenvalue weighted by Gasteiger charge is -2.38. The van der Waals surface area contributed by atoms with E-state index in [2.05, 4.69) is 4.99 Å². The number of carbonyl (C=O) groups excluding carboxylic acids is 2. The molecular weight excluding hydrogens is 234 g/mol. The van der Waals surface area contributed by atoms with Crippen molar-refractivity contribution in [1.82, 2.24) is 9.80 Å². The van der Waals surface area contributed by atoms with Gasteiger partial charge in [-0.1, -0.05) is 0 Å². The van der Waals surface area contributed by atoms with Gasteiger partial charge in [-0.3, -0.25) is 9.79 Å². The molecule has 1 fully saturated rings. The third-order valence-electron chi connectivity index (χ3n) is 2.56. The summed E-state index contributed by atoms with van der Waals surface area (Å²) in [6.45, 7) is 6.37. The smallest absolute Gasteiger partial charge is 0.422 e. The Morgan fingerprint density at radius 3 is 2.83 bits per heavy atom. The van der Waals surface area contributed by atoms with Gasteiger partial charge in [0.25, 0.3) is 0 Å². The number of rotatable bonds is 0. The molecule has 0 aromatic heterocycles. The number of imide groups is 1. The van der Waals surface area contributed by atoms with Crippen molar-refractivity contribution in [3.63, 3.8) is 0 Å². The zero-order valence-electron chi connectivity index (χ0n) is 10.8. The van der Waals surface area contributed by atoms with E-state index >= 15 is 0 Å². The van der Waals surface area contributed by atoms with Crippen molar-refractivity contribution in [2.24, 2.45) is 4.99 Å². The van der Waals surface area contributed by atoms with E-state index in [-0.39, 0.29) is 5.91 Å². The van der Waals surface area contributed by atoms with Gasteiger partial charge in [0.2, 0.25) is 5.91 Å². The molecule has 0 N–H and O–H groups in total. The first kappa shape index (κ1) is 12.6. The van der Waals surface area contributed by atoms with Gasteiger partial charge in [-0.05, 0) is 26.8 Å². The lowest BCUT2D eigenvalue weighted by Crippen LogP contribution is -2.50. The van der Waals surface area contributed by atoms with E-state index in [1.54, 1.807) is 33.1 Å². The molecular formula is C12H17N3O3. The Labute approximate surface area is 106 Å². The van der Waals surface area contributed by atoms with Gasteiger partial charge in [-0.2, -0.15) is 4.90 Å². The van der Waals surface area contributed by atoms with Crippen molar-refractivity contribution < 1.29 is 14.3 Å². The number of allylic oxidation sites excluding steroid dienone is 1. The molecule has 2 rings (SSSR count). The molecule has 0 atom stereocenters. The average molecular weight is 251 g/mol. The second-order valence-corrected chi connectivity index (χ2v) is 5.22. The summed E-state index contributed by atoms with van der Waals surface area (Å²) in [5.74, 6) is 0.317. The molecule has 2 amide bonds. The van der Waals surface area contributed by atoms with Gasteiger partial charge in [-0.15, -0.1) is 0 Å². The quantitative estimate of drug-likeness (QED) is 0.651. The zero-order chi connectivity index (χ0) is 13.3. The maximum atomic E-state index is 12.0. The van der Waals surface area contributed by atoms with Crippen molar-refractivity contribution in [1.29, 1.82) is 0 Å². The summed E-state index contributed by atoms with van der Waals surface area (Å²) in [6, 6.07) is 0. The fourth-order valence-corrected chi connectivity index (χ4v) is 1.82. The Morgan fingerprint density at radius 1 is 1.44 bits per heavy atom. The molecule has 2 aliphatic heterocycles. The molecule has 0 unspecified atom stereocenters. The number of amides is 2. The molecule has 98 valence electrons. The maximum Gasteiger partial charge on any atom is 0.422 e. The third kappa shape index (κ3) is 2.52. The lowest BCUT2D eigenvalue weighted by atomic mass is 10.2. The average Bonchev–Trinajstić information content (AvgIpc) is 2.26. The standard InChI is InChI=1S/C12H17N3O3/c1-12(2,3)18-11(17)15-9-4-6-13-8-14(9)7-5-10(15)16/h4,6H,5,7-8H2,1-3H3. The van der Waals surface area contributed by atoms with Gasteiger partial charge < -0.3 is 9.64 Å². The van der Waals surface area contributed by atoms with E-state index in [9.17, 15) is 9.59 Å². The first-order valence-corrected chi connectivity index (χ1v) is 5.89. The molecule has 0 bridgehead atoms. The highest BCUT2D eigenvalue weighted by atomic mass is 16.6. The predicted octanol–water partition coefficient (Wildman–Crippen LogP) is 1.34. The summed E-state index contributed by atoms with van der Waals surface area (Å²) < 4.78 is 5.25. The van der Waals surface area contributed by atoms with Crippen LogP contribution in [0.25, 0.3) is 0 Å². The molecule has 1 saturated heterocycles. The maximum absolute atomic E-state index is 12.0. The number of aliphatic imine (C=N–C) groups is 1. The Morgan fingerprint density at radius 2 is 2.17 bits per heavy atom. The van der Waals surface area contributed by atoms with Gasteiger partial charge in [0, 0.05) is 19.2 Å². The van der Waals surface area contributed by atoms with Crippen molar-refractivity contribution >= 4 is 18.2 Å². The molecule has 6 heteroatoms. The van der Waals surface area contributed by atoms with Crippen LogP contribution in [0.3, 0.4) is 0 Å². The second-order valence-electron chi connectivity index (χ2n) is 5.22. The highest BCUT2D eigenvalue weighted by Gasteiger charge is 2.36. The monoisotopic (exact) mass is 251 g/mol. The highest BCUT2D eigenvalue weighted by molar-refractivity contribution is 5.96. The minimum absolute atomic E-state index is 0.234. The van der Waals surface area contributed by atoms with Gasteiger partial charge in [0.1, 0.15) is 18.1 Å². The van der Waals surface area contributed by atoms with Gasteiger partial charge in [0.15, 0.2) is 0 Å². The predicted molar refractivity (Wildman–Crippen MR) is 65.8 cm³/mol. The van der Waals surface area contributed by atoms with E-state index in [4.69, 9.17) is 4.74 Å². The Bertz CT molecular complexity index is 434. The van der Waals surface area contributed by atoms with Crippen LogP contribution in [0.1, 0.15) is 27.2 Å². The number of hydrogen-bond acceptors (Lipinski definition) is 5. The van der Waals surface area contributed by atoms with E-state index < -0.39 is 11.7 Å². The van der Waals surface area contributed by atoms with E-state index in [0.29, 0.717) is 25.5 Å². The fourth-order valence-electron chi connectivity index (χ4n) is 1.82. The van der Waals surface area contributed by atoms with E-state index in [1.165, 1.54) is 0 Å². The molecule has 0 saturated carbocycles. The first-order chi connectivity index (χ1) is 8.38. The zero-order valence-corrected chi connectivity index (χ0v) is 10.8. The minimum Gasteiger partial charge on any atom is -0.443 e. The van der Waals surface area contributed by atoms with Crippen LogP contribution in [0.5, 0.6) is 0 Å². The largest absolute Gasteiger partial charge is 0.443 e. The number of hydrogen-bond donors (Lipinski definition) is 0. The van der Waals surface area contributed by atoms with Crippen LogP contribution in [-0.2, 0) is 9.53 Å². The van der Waals surface area contributed by atoms with Crippen LogP contribution in [0.4, 0.5) is 4.79 Å². The topological polar surface area (TPSA) is 62.2 Å². The normalized spacial score (nSPS) is 19.5. The number of fused-ring (bicyclic) bond motifs is 1. The molecule has 0 aromatic rings. The number of ether oxygens (including phenoxy) is 1. The summed E-state index contributed by atoms with van der Waals surface area (Å²) in [6.07, 6.45) is 2.93. The van der Waals surface area contributed by atoms with Crippen molar-refractivity contribution in [2.45, 2.75) is 32.8 Å². The highest BCUT2D eigenvalue weighted by Crippen LogP contribution is 2.23. The van der Waals surface area contributed by atoms with Gasteiger partial charge in [0.05, 0.1) is 0 Å². The molecule has 2 heterocycles. The molecule has 2 aliphatic rings. The van der Waals surface area contributed by atoms with E-state index in [1.807, 2.05) is 4.90 Å². The first-order valence-electron chi connectivity index (χ1n) is 5.89.